The Morgan fingerprint density at radius 1 is 1.22 bits per heavy atom. The molecule has 0 bridgehead atoms. The first-order valence-corrected chi connectivity index (χ1v) is 8.64. The second kappa shape index (κ2) is 8.68. The van der Waals surface area contributed by atoms with Crippen LogP contribution in [0.4, 0.5) is 21.7 Å². The molecule has 0 aliphatic carbocycles. The molecule has 6 N–H and O–H groups in total. The number of hydrogen-bond acceptors (Lipinski definition) is 5. The van der Waals surface area contributed by atoms with Crippen LogP contribution in [-0.2, 0) is 4.79 Å². The van der Waals surface area contributed by atoms with Gasteiger partial charge in [0.05, 0.1) is 5.56 Å². The van der Waals surface area contributed by atoms with Crippen molar-refractivity contribution in [2.24, 2.45) is 17.4 Å². The van der Waals surface area contributed by atoms with Gasteiger partial charge in [-0.3, -0.25) is 9.59 Å². The lowest BCUT2D eigenvalue weighted by molar-refractivity contribution is -0.119. The molecule has 0 aliphatic heterocycles. The second-order valence-electron chi connectivity index (χ2n) is 6.44. The quantitative estimate of drug-likeness (QED) is 0.549. The van der Waals surface area contributed by atoms with Crippen LogP contribution < -0.4 is 22.1 Å². The van der Waals surface area contributed by atoms with Gasteiger partial charge in [-0.05, 0) is 36.6 Å². The SMILES string of the molecule is CC(C)C[C@@H](Nc1nc(Nc2cccc(Cl)c2)c(C(N)=O)cc1F)C(N)=O. The highest BCUT2D eigenvalue weighted by atomic mass is 35.5. The summed E-state index contributed by atoms with van der Waals surface area (Å²) in [5.41, 5.74) is 11.1. The topological polar surface area (TPSA) is 123 Å². The first-order chi connectivity index (χ1) is 12.7. The van der Waals surface area contributed by atoms with E-state index in [1.807, 2.05) is 13.8 Å². The molecule has 2 aromatic rings. The van der Waals surface area contributed by atoms with E-state index in [0.717, 1.165) is 6.07 Å². The molecular formula is C18H21ClFN5O2. The van der Waals surface area contributed by atoms with Crippen LogP contribution >= 0.6 is 11.6 Å². The highest BCUT2D eigenvalue weighted by Crippen LogP contribution is 2.26. The van der Waals surface area contributed by atoms with Crippen LogP contribution in [0.3, 0.4) is 0 Å². The van der Waals surface area contributed by atoms with Gasteiger partial charge in [-0.25, -0.2) is 9.37 Å². The van der Waals surface area contributed by atoms with Gasteiger partial charge >= 0.3 is 0 Å². The van der Waals surface area contributed by atoms with Crippen molar-refractivity contribution < 1.29 is 14.0 Å². The number of benzene rings is 1. The van der Waals surface area contributed by atoms with E-state index in [4.69, 9.17) is 23.1 Å². The number of carbonyl (C=O) groups is 2. The highest BCUT2D eigenvalue weighted by Gasteiger charge is 2.22. The molecule has 9 heteroatoms. The Kier molecular flexibility index (Phi) is 6.57. The number of rotatable bonds is 8. The number of pyridine rings is 1. The first kappa shape index (κ1) is 20.4. The van der Waals surface area contributed by atoms with Gasteiger partial charge in [0.1, 0.15) is 11.9 Å². The zero-order chi connectivity index (χ0) is 20.1. The van der Waals surface area contributed by atoms with Crippen molar-refractivity contribution in [3.8, 4) is 0 Å². The lowest BCUT2D eigenvalue weighted by Gasteiger charge is -2.19. The molecule has 1 aromatic carbocycles. The number of carbonyl (C=O) groups excluding carboxylic acids is 2. The van der Waals surface area contributed by atoms with E-state index in [-0.39, 0.29) is 23.1 Å². The molecular weight excluding hydrogens is 373 g/mol. The first-order valence-electron chi connectivity index (χ1n) is 8.26. The molecule has 0 saturated heterocycles. The molecule has 0 fully saturated rings. The molecule has 0 spiro atoms. The number of nitrogens with zero attached hydrogens (tertiary/aromatic N) is 1. The van der Waals surface area contributed by atoms with Crippen LogP contribution in [0.25, 0.3) is 0 Å². The average Bonchev–Trinajstić information content (AvgIpc) is 2.56. The predicted molar refractivity (Wildman–Crippen MR) is 104 cm³/mol. The summed E-state index contributed by atoms with van der Waals surface area (Å²) >= 11 is 5.95. The van der Waals surface area contributed by atoms with Crippen LogP contribution in [-0.4, -0.2) is 22.8 Å². The molecule has 7 nitrogen and oxygen atoms in total. The fraction of sp³-hybridized carbons (Fsp3) is 0.278. The Morgan fingerprint density at radius 2 is 1.93 bits per heavy atom. The molecule has 1 aromatic heterocycles. The van der Waals surface area contributed by atoms with E-state index < -0.39 is 23.7 Å². The summed E-state index contributed by atoms with van der Waals surface area (Å²) < 4.78 is 14.4. The number of amides is 2. The van der Waals surface area contributed by atoms with Crippen LogP contribution in [0.15, 0.2) is 30.3 Å². The minimum absolute atomic E-state index is 0.0291. The fourth-order valence-electron chi connectivity index (χ4n) is 2.46. The standard InChI is InChI=1S/C18H21ClFN5O2/c1-9(2)6-14(16(22)27)24-18-13(20)8-12(15(21)26)17(25-18)23-11-5-3-4-10(19)7-11/h3-5,7-9,14H,6H2,1-2H3,(H2,21,26)(H2,22,27)(H2,23,24,25)/t14-/m1/s1. The number of nitrogens with one attached hydrogen (secondary N) is 2. The Balaban J connectivity index is 2.41. The Hall–Kier alpha value is -2.87. The number of nitrogens with two attached hydrogens (primary N) is 2. The summed E-state index contributed by atoms with van der Waals surface area (Å²) in [6, 6.07) is 6.82. The summed E-state index contributed by atoms with van der Waals surface area (Å²) in [5, 5.41) is 6.05. The van der Waals surface area contributed by atoms with E-state index >= 15 is 0 Å². The van der Waals surface area contributed by atoms with E-state index in [0.29, 0.717) is 17.1 Å². The smallest absolute Gasteiger partial charge is 0.252 e. The van der Waals surface area contributed by atoms with Crippen LogP contribution in [0.5, 0.6) is 0 Å². The fourth-order valence-corrected chi connectivity index (χ4v) is 2.65. The monoisotopic (exact) mass is 393 g/mol. The van der Waals surface area contributed by atoms with Gasteiger partial charge in [0, 0.05) is 10.7 Å². The van der Waals surface area contributed by atoms with Gasteiger partial charge < -0.3 is 22.1 Å². The molecule has 27 heavy (non-hydrogen) atoms. The Morgan fingerprint density at radius 3 is 2.48 bits per heavy atom. The maximum Gasteiger partial charge on any atom is 0.252 e. The second-order valence-corrected chi connectivity index (χ2v) is 6.88. The third-order valence-corrected chi connectivity index (χ3v) is 3.93. The molecule has 1 heterocycles. The minimum Gasteiger partial charge on any atom is -0.368 e. The molecule has 0 aliphatic rings. The van der Waals surface area contributed by atoms with Crippen molar-refractivity contribution in [3.05, 3.63) is 46.7 Å². The predicted octanol–water partition coefficient (Wildman–Crippen LogP) is 3.03. The third-order valence-electron chi connectivity index (χ3n) is 3.69. The van der Waals surface area contributed by atoms with Gasteiger partial charge in [-0.15, -0.1) is 0 Å². The summed E-state index contributed by atoms with van der Waals surface area (Å²) in [6.07, 6.45) is 0.394. The third kappa shape index (κ3) is 5.55. The van der Waals surface area contributed by atoms with Crippen molar-refractivity contribution in [3.63, 3.8) is 0 Å². The maximum absolute atomic E-state index is 14.4. The number of hydrogen-bond donors (Lipinski definition) is 4. The van der Waals surface area contributed by atoms with Gasteiger partial charge in [0.25, 0.3) is 5.91 Å². The highest BCUT2D eigenvalue weighted by molar-refractivity contribution is 6.30. The van der Waals surface area contributed by atoms with Crippen molar-refractivity contribution in [1.29, 1.82) is 0 Å². The van der Waals surface area contributed by atoms with Crippen molar-refractivity contribution in [1.82, 2.24) is 4.98 Å². The number of aromatic nitrogens is 1. The summed E-state index contributed by atoms with van der Waals surface area (Å²) in [4.78, 5) is 27.4. The normalized spacial score (nSPS) is 11.9. The summed E-state index contributed by atoms with van der Waals surface area (Å²) in [7, 11) is 0. The molecule has 0 saturated carbocycles. The van der Waals surface area contributed by atoms with E-state index in [1.54, 1.807) is 24.3 Å². The number of anilines is 3. The minimum atomic E-state index is -0.855. The number of halogens is 2. The molecule has 2 amide bonds. The zero-order valence-electron chi connectivity index (χ0n) is 14.9. The number of primary amides is 2. The average molecular weight is 394 g/mol. The molecule has 1 atom stereocenters. The van der Waals surface area contributed by atoms with Gasteiger partial charge in [-0.2, -0.15) is 0 Å². The van der Waals surface area contributed by atoms with E-state index in [2.05, 4.69) is 15.6 Å². The largest absolute Gasteiger partial charge is 0.368 e. The van der Waals surface area contributed by atoms with E-state index in [1.165, 1.54) is 0 Å². The van der Waals surface area contributed by atoms with Crippen LogP contribution in [0.1, 0.15) is 30.6 Å². The van der Waals surface area contributed by atoms with Crippen LogP contribution in [0.2, 0.25) is 5.02 Å². The molecule has 0 radical (unpaired) electrons. The Bertz CT molecular complexity index is 860. The van der Waals surface area contributed by atoms with Gasteiger partial charge in [-0.1, -0.05) is 31.5 Å². The molecule has 0 unspecified atom stereocenters. The maximum atomic E-state index is 14.4. The molecule has 2 rings (SSSR count). The van der Waals surface area contributed by atoms with Crippen molar-refractivity contribution in [2.75, 3.05) is 10.6 Å². The van der Waals surface area contributed by atoms with Crippen LogP contribution in [0, 0.1) is 11.7 Å². The summed E-state index contributed by atoms with van der Waals surface area (Å²) in [6.45, 7) is 3.81. The lowest BCUT2D eigenvalue weighted by Crippen LogP contribution is -2.37. The molecule has 144 valence electrons. The Labute approximate surface area is 161 Å². The van der Waals surface area contributed by atoms with Crippen molar-refractivity contribution in [2.45, 2.75) is 26.3 Å². The van der Waals surface area contributed by atoms with Gasteiger partial charge in [0.2, 0.25) is 5.91 Å². The summed E-state index contributed by atoms with van der Waals surface area (Å²) in [5.74, 6) is -2.35. The van der Waals surface area contributed by atoms with Crippen molar-refractivity contribution >= 4 is 40.7 Å². The van der Waals surface area contributed by atoms with Gasteiger partial charge in [0.15, 0.2) is 11.6 Å². The lowest BCUT2D eigenvalue weighted by atomic mass is 10.0. The zero-order valence-corrected chi connectivity index (χ0v) is 15.7. The van der Waals surface area contributed by atoms with E-state index in [9.17, 15) is 14.0 Å².